The summed E-state index contributed by atoms with van der Waals surface area (Å²) in [4.78, 5) is 23.3. The fourth-order valence-electron chi connectivity index (χ4n) is 3.35. The van der Waals surface area contributed by atoms with E-state index in [0.29, 0.717) is 53.7 Å². The van der Waals surface area contributed by atoms with Gasteiger partial charge in [-0.1, -0.05) is 17.7 Å². The van der Waals surface area contributed by atoms with Gasteiger partial charge in [-0.3, -0.25) is 4.79 Å². The van der Waals surface area contributed by atoms with Gasteiger partial charge in [0.2, 0.25) is 11.9 Å². The Balaban J connectivity index is 1.61. The topological polar surface area (TPSA) is 88.6 Å². The fourth-order valence-corrected chi connectivity index (χ4v) is 3.53. The summed E-state index contributed by atoms with van der Waals surface area (Å²) in [6.45, 7) is 1.76. The van der Waals surface area contributed by atoms with Crippen molar-refractivity contribution in [2.75, 3.05) is 44.5 Å². The van der Waals surface area contributed by atoms with E-state index in [1.165, 1.54) is 18.2 Å². The lowest BCUT2D eigenvalue weighted by molar-refractivity contribution is -0.111. The highest BCUT2D eigenvalue weighted by molar-refractivity contribution is 6.31. The van der Waals surface area contributed by atoms with Crippen LogP contribution in [0.25, 0.3) is 10.9 Å². The van der Waals surface area contributed by atoms with Crippen molar-refractivity contribution >= 4 is 45.7 Å². The van der Waals surface area contributed by atoms with E-state index in [1.807, 2.05) is 19.0 Å². The van der Waals surface area contributed by atoms with E-state index in [2.05, 4.69) is 20.6 Å². The monoisotopic (exact) mass is 485 g/mol. The van der Waals surface area contributed by atoms with Crippen LogP contribution in [0.15, 0.2) is 48.7 Å². The van der Waals surface area contributed by atoms with Gasteiger partial charge in [0.1, 0.15) is 17.7 Å². The second-order valence-electron chi connectivity index (χ2n) is 8.11. The van der Waals surface area contributed by atoms with Crippen LogP contribution in [0, 0.1) is 5.82 Å². The molecule has 0 saturated carbocycles. The molecule has 0 aliphatic carbocycles. The zero-order chi connectivity index (χ0) is 24.1. The van der Waals surface area contributed by atoms with Gasteiger partial charge < -0.3 is 25.0 Å². The van der Waals surface area contributed by atoms with Gasteiger partial charge in [-0.15, -0.1) is 0 Å². The van der Waals surface area contributed by atoms with Crippen LogP contribution in [0.3, 0.4) is 0 Å². The molecule has 2 heterocycles. The molecule has 1 saturated heterocycles. The lowest BCUT2D eigenvalue weighted by atomic mass is 10.2. The number of nitrogens with zero attached hydrogens (tertiary/aromatic N) is 3. The number of anilines is 3. The molecule has 4 rings (SSSR count). The van der Waals surface area contributed by atoms with Gasteiger partial charge in [-0.05, 0) is 38.4 Å². The van der Waals surface area contributed by atoms with Crippen LogP contribution in [0.2, 0.25) is 5.02 Å². The molecule has 1 aromatic heterocycles. The highest BCUT2D eigenvalue weighted by atomic mass is 35.5. The van der Waals surface area contributed by atoms with Crippen LogP contribution in [-0.2, 0) is 9.53 Å². The van der Waals surface area contributed by atoms with Crippen molar-refractivity contribution < 1.29 is 18.7 Å². The third-order valence-electron chi connectivity index (χ3n) is 5.04. The second-order valence-corrected chi connectivity index (χ2v) is 8.52. The van der Waals surface area contributed by atoms with Gasteiger partial charge in [0.25, 0.3) is 0 Å². The van der Waals surface area contributed by atoms with Crippen molar-refractivity contribution in [3.05, 3.63) is 59.5 Å². The number of carbonyl (C=O) groups excluding carboxylic acids is 1. The summed E-state index contributed by atoms with van der Waals surface area (Å²) in [6, 6.07) is 7.81. The Hall–Kier alpha value is -3.27. The molecule has 1 atom stereocenters. The molecule has 1 fully saturated rings. The first-order valence-electron chi connectivity index (χ1n) is 10.8. The Bertz CT molecular complexity index is 1210. The van der Waals surface area contributed by atoms with Crippen LogP contribution >= 0.6 is 11.6 Å². The predicted molar refractivity (Wildman–Crippen MR) is 130 cm³/mol. The number of likely N-dealkylation sites (N-methyl/N-ethyl adjacent to an activating group) is 1. The number of halogens is 2. The molecule has 1 amide bonds. The van der Waals surface area contributed by atoms with E-state index in [0.717, 1.165) is 6.42 Å². The molecule has 178 valence electrons. The van der Waals surface area contributed by atoms with Crippen molar-refractivity contribution in [2.45, 2.75) is 12.5 Å². The summed E-state index contributed by atoms with van der Waals surface area (Å²) < 4.78 is 25.0. The van der Waals surface area contributed by atoms with E-state index in [-0.39, 0.29) is 17.0 Å². The molecular weight excluding hydrogens is 461 g/mol. The first-order chi connectivity index (χ1) is 16.4. The summed E-state index contributed by atoms with van der Waals surface area (Å²) in [5.74, 6) is 0.0390. The van der Waals surface area contributed by atoms with Gasteiger partial charge >= 0.3 is 0 Å². The Morgan fingerprint density at radius 1 is 1.35 bits per heavy atom. The van der Waals surface area contributed by atoms with Crippen molar-refractivity contribution in [3.8, 4) is 5.75 Å². The molecule has 8 nitrogen and oxygen atoms in total. The highest BCUT2D eigenvalue weighted by Gasteiger charge is 2.20. The first kappa shape index (κ1) is 23.9. The van der Waals surface area contributed by atoms with E-state index < -0.39 is 5.82 Å². The average Bonchev–Trinajstić information content (AvgIpc) is 3.30. The smallest absolute Gasteiger partial charge is 0.248 e. The maximum absolute atomic E-state index is 13.4. The number of amides is 1. The van der Waals surface area contributed by atoms with Crippen LogP contribution in [0.1, 0.15) is 6.42 Å². The van der Waals surface area contributed by atoms with E-state index in [9.17, 15) is 9.18 Å². The minimum absolute atomic E-state index is 0.000252. The SMILES string of the molecule is CN(C)C/C=C/C(=O)Nc1cc2cnc(Nc3ccc(F)c(Cl)c3)nc2cc1O[C@H]1CCOC1. The van der Waals surface area contributed by atoms with Crippen LogP contribution < -0.4 is 15.4 Å². The second kappa shape index (κ2) is 10.8. The molecule has 0 unspecified atom stereocenters. The maximum atomic E-state index is 13.4. The van der Waals surface area contributed by atoms with Gasteiger partial charge in [0.15, 0.2) is 0 Å². The van der Waals surface area contributed by atoms with Crippen LogP contribution in [0.5, 0.6) is 5.75 Å². The maximum Gasteiger partial charge on any atom is 0.248 e. The van der Waals surface area contributed by atoms with Gasteiger partial charge in [0, 0.05) is 42.4 Å². The summed E-state index contributed by atoms with van der Waals surface area (Å²) >= 11 is 5.86. The summed E-state index contributed by atoms with van der Waals surface area (Å²) in [5, 5.41) is 6.62. The first-order valence-corrected chi connectivity index (χ1v) is 11.1. The van der Waals surface area contributed by atoms with Crippen LogP contribution in [-0.4, -0.2) is 60.7 Å². The highest BCUT2D eigenvalue weighted by Crippen LogP contribution is 2.32. The van der Waals surface area contributed by atoms with Crippen molar-refractivity contribution in [2.24, 2.45) is 0 Å². The predicted octanol–water partition coefficient (Wildman–Crippen LogP) is 4.39. The van der Waals surface area contributed by atoms with E-state index in [4.69, 9.17) is 21.1 Å². The molecule has 0 spiro atoms. The van der Waals surface area contributed by atoms with Gasteiger partial charge in [0.05, 0.1) is 29.4 Å². The number of nitrogens with one attached hydrogen (secondary N) is 2. The molecule has 1 aliphatic heterocycles. The molecule has 34 heavy (non-hydrogen) atoms. The lowest BCUT2D eigenvalue weighted by Gasteiger charge is -2.17. The number of benzene rings is 2. The van der Waals surface area contributed by atoms with Crippen LogP contribution in [0.4, 0.5) is 21.7 Å². The number of hydrogen-bond donors (Lipinski definition) is 2. The average molecular weight is 486 g/mol. The standard InChI is InChI=1S/C24H25ClFN5O3/c1-31(2)8-3-4-23(32)29-21-10-15-13-27-24(28-16-5-6-19(26)18(25)11-16)30-20(15)12-22(21)34-17-7-9-33-14-17/h3-6,10-13,17H,7-9,14H2,1-2H3,(H,29,32)(H,27,28,30)/b4-3+/t17-/m0/s1. The number of ether oxygens (including phenoxy) is 2. The number of rotatable bonds is 8. The van der Waals surface area contributed by atoms with Crippen molar-refractivity contribution in [1.29, 1.82) is 0 Å². The molecule has 2 aromatic carbocycles. The summed E-state index contributed by atoms with van der Waals surface area (Å²) in [7, 11) is 3.85. The largest absolute Gasteiger partial charge is 0.486 e. The third-order valence-corrected chi connectivity index (χ3v) is 5.33. The van der Waals surface area contributed by atoms with Crippen molar-refractivity contribution in [1.82, 2.24) is 14.9 Å². The molecule has 1 aliphatic rings. The minimum atomic E-state index is -0.504. The molecule has 0 bridgehead atoms. The minimum Gasteiger partial charge on any atom is -0.486 e. The number of carbonyl (C=O) groups is 1. The molecule has 10 heteroatoms. The zero-order valence-electron chi connectivity index (χ0n) is 18.8. The van der Waals surface area contributed by atoms with Gasteiger partial charge in [-0.25, -0.2) is 14.4 Å². The molecule has 2 N–H and O–H groups in total. The van der Waals surface area contributed by atoms with E-state index in [1.54, 1.807) is 30.5 Å². The third kappa shape index (κ3) is 6.19. The Morgan fingerprint density at radius 2 is 2.21 bits per heavy atom. The Morgan fingerprint density at radius 3 is 2.94 bits per heavy atom. The summed E-state index contributed by atoms with van der Waals surface area (Å²) in [6.07, 6.45) is 5.55. The quantitative estimate of drug-likeness (QED) is 0.457. The summed E-state index contributed by atoms with van der Waals surface area (Å²) in [5.41, 5.74) is 1.69. The molecule has 3 aromatic rings. The lowest BCUT2D eigenvalue weighted by Crippen LogP contribution is -2.18. The number of fused-ring (bicyclic) bond motifs is 1. The number of aromatic nitrogens is 2. The normalized spacial score (nSPS) is 15.9. The Labute approximate surface area is 201 Å². The van der Waals surface area contributed by atoms with Crippen molar-refractivity contribution in [3.63, 3.8) is 0 Å². The van der Waals surface area contributed by atoms with Gasteiger partial charge in [-0.2, -0.15) is 0 Å². The van der Waals surface area contributed by atoms with E-state index >= 15 is 0 Å². The fraction of sp³-hybridized carbons (Fsp3) is 0.292. The number of hydrogen-bond acceptors (Lipinski definition) is 7. The zero-order valence-corrected chi connectivity index (χ0v) is 19.6. The molecular formula is C24H25ClFN5O3. The Kier molecular flexibility index (Phi) is 7.56. The molecule has 0 radical (unpaired) electrons.